The van der Waals surface area contributed by atoms with Gasteiger partial charge in [0.2, 0.25) is 0 Å². The Balaban J connectivity index is 2.16. The number of rotatable bonds is 11. The van der Waals surface area contributed by atoms with E-state index < -0.39 is 80.4 Å². The van der Waals surface area contributed by atoms with Crippen LogP contribution in [0.4, 0.5) is 0 Å². The van der Waals surface area contributed by atoms with Crippen molar-refractivity contribution in [3.05, 3.63) is 59.7 Å². The summed E-state index contributed by atoms with van der Waals surface area (Å²) in [7, 11) is 0. The number of hydrogen-bond donors (Lipinski definition) is 3. The minimum absolute atomic E-state index is 0.0619. The fourth-order valence-electron chi connectivity index (χ4n) is 8.90. The minimum Gasteiger partial charge on any atom is -0.390 e. The molecule has 1 aromatic rings. The van der Waals surface area contributed by atoms with E-state index in [4.69, 9.17) is 0 Å². The lowest BCUT2D eigenvalue weighted by Gasteiger charge is -2.62. The van der Waals surface area contributed by atoms with Gasteiger partial charge in [-0.15, -0.1) is 0 Å². The average Bonchev–Trinajstić information content (AvgIpc) is 3.06. The van der Waals surface area contributed by atoms with Gasteiger partial charge < -0.3 is 15.3 Å². The number of carbonyl (C=O) groups is 4. The van der Waals surface area contributed by atoms with E-state index in [-0.39, 0.29) is 30.7 Å². The monoisotopic (exact) mass is 620 g/mol. The highest BCUT2D eigenvalue weighted by Gasteiger charge is 2.84. The molecule has 5 rings (SSSR count). The molecule has 7 heteroatoms. The maximum absolute atomic E-state index is 15.6. The lowest BCUT2D eigenvalue weighted by molar-refractivity contribution is -0.194. The second-order valence-corrected chi connectivity index (χ2v) is 16.2. The van der Waals surface area contributed by atoms with Gasteiger partial charge in [0, 0.05) is 11.5 Å². The zero-order valence-corrected chi connectivity index (χ0v) is 28.5. The molecule has 7 nitrogen and oxygen atoms in total. The summed E-state index contributed by atoms with van der Waals surface area (Å²) >= 11 is 0. The summed E-state index contributed by atoms with van der Waals surface area (Å²) in [6.45, 7) is 19.5. The number of aliphatic hydroxyl groups excluding tert-OH is 1. The molecule has 0 aromatic heterocycles. The molecule has 4 bridgehead atoms. The second kappa shape index (κ2) is 11.2. The lowest BCUT2D eigenvalue weighted by atomic mass is 9.36. The van der Waals surface area contributed by atoms with Gasteiger partial charge >= 0.3 is 0 Å². The summed E-state index contributed by atoms with van der Waals surface area (Å²) in [5.74, 6) is -4.75. The number of hydrogen-bond acceptors (Lipinski definition) is 7. The molecular formula is C38H52O7. The Morgan fingerprint density at radius 1 is 0.978 bits per heavy atom. The molecule has 45 heavy (non-hydrogen) atoms. The molecule has 0 radical (unpaired) electrons. The van der Waals surface area contributed by atoms with E-state index in [1.165, 1.54) is 27.7 Å². The molecule has 4 aliphatic rings. The number of fused-ring (bicyclic) bond motifs is 1. The van der Waals surface area contributed by atoms with Crippen molar-refractivity contribution in [3.63, 3.8) is 0 Å². The molecule has 0 spiro atoms. The molecule has 0 aliphatic heterocycles. The third kappa shape index (κ3) is 5.05. The number of carbonyl (C=O) groups excluding carboxylic acids is 4. The molecule has 7 atom stereocenters. The number of Topliss-reactive ketones (excluding diaryl/α,β-unsaturated/α-hetero) is 4. The van der Waals surface area contributed by atoms with Gasteiger partial charge in [-0.05, 0) is 97.8 Å². The van der Waals surface area contributed by atoms with Gasteiger partial charge in [-0.3, -0.25) is 19.2 Å². The SMILES string of the molecule is C=C(C)[C@@H](CC=C(C)C)C[C@]12C[C@H]3C[C@@H](C(C)(C)O)[C@@](C(=O)c4ccccc4)(C1=O)C(=O)[C@@](C[C@@H](O)C(C)(C)O)(C2=O)C3(C)C. The quantitative estimate of drug-likeness (QED) is 0.161. The predicted octanol–water partition coefficient (Wildman–Crippen LogP) is 5.85. The maximum Gasteiger partial charge on any atom is 0.184 e. The van der Waals surface area contributed by atoms with E-state index in [9.17, 15) is 15.3 Å². The molecule has 4 aliphatic carbocycles. The van der Waals surface area contributed by atoms with E-state index in [1.807, 2.05) is 40.7 Å². The van der Waals surface area contributed by atoms with Crippen molar-refractivity contribution in [1.82, 2.24) is 0 Å². The van der Waals surface area contributed by atoms with Crippen LogP contribution >= 0.6 is 0 Å². The predicted molar refractivity (Wildman–Crippen MR) is 173 cm³/mol. The molecule has 4 fully saturated rings. The average molecular weight is 621 g/mol. The Kier molecular flexibility index (Phi) is 8.74. The van der Waals surface area contributed by atoms with E-state index in [0.717, 1.165) is 11.1 Å². The van der Waals surface area contributed by atoms with Crippen LogP contribution in [-0.4, -0.2) is 55.8 Å². The normalized spacial score (nSPS) is 32.2. The first-order valence-corrected chi connectivity index (χ1v) is 16.2. The molecule has 3 N–H and O–H groups in total. The summed E-state index contributed by atoms with van der Waals surface area (Å²) in [6.07, 6.45) is 0.952. The van der Waals surface area contributed by atoms with Crippen molar-refractivity contribution in [2.45, 2.75) is 112 Å². The van der Waals surface area contributed by atoms with Crippen molar-refractivity contribution in [3.8, 4) is 0 Å². The summed E-state index contributed by atoms with van der Waals surface area (Å²) < 4.78 is 0. The maximum atomic E-state index is 15.6. The van der Waals surface area contributed by atoms with Crippen LogP contribution < -0.4 is 0 Å². The molecule has 1 aromatic carbocycles. The van der Waals surface area contributed by atoms with Crippen molar-refractivity contribution in [2.24, 2.45) is 39.4 Å². The Labute approximate surface area is 268 Å². The number of benzene rings is 1. The number of allylic oxidation sites excluding steroid dienone is 3. The van der Waals surface area contributed by atoms with Gasteiger partial charge in [-0.1, -0.05) is 68.0 Å². The van der Waals surface area contributed by atoms with Crippen LogP contribution in [0.5, 0.6) is 0 Å². The van der Waals surface area contributed by atoms with Gasteiger partial charge in [-0.25, -0.2) is 0 Å². The van der Waals surface area contributed by atoms with Crippen LogP contribution in [0, 0.1) is 39.4 Å². The third-order valence-electron chi connectivity index (χ3n) is 11.8. The third-order valence-corrected chi connectivity index (χ3v) is 11.8. The first kappa shape index (κ1) is 35.1. The molecular weight excluding hydrogens is 568 g/mol. The van der Waals surface area contributed by atoms with Gasteiger partial charge in [0.05, 0.1) is 28.1 Å². The Morgan fingerprint density at radius 2 is 1.56 bits per heavy atom. The van der Waals surface area contributed by atoms with Crippen molar-refractivity contribution < 1.29 is 34.5 Å². The van der Waals surface area contributed by atoms with Gasteiger partial charge in [0.1, 0.15) is 0 Å². The van der Waals surface area contributed by atoms with Crippen LogP contribution in [-0.2, 0) is 14.4 Å². The van der Waals surface area contributed by atoms with Crippen LogP contribution in [0.25, 0.3) is 0 Å². The van der Waals surface area contributed by atoms with Crippen LogP contribution in [0.2, 0.25) is 0 Å². The zero-order chi connectivity index (χ0) is 34.1. The first-order chi connectivity index (χ1) is 20.5. The topological polar surface area (TPSA) is 129 Å². The van der Waals surface area contributed by atoms with E-state index in [1.54, 1.807) is 30.3 Å². The van der Waals surface area contributed by atoms with Crippen molar-refractivity contribution in [1.29, 1.82) is 0 Å². The fourth-order valence-corrected chi connectivity index (χ4v) is 8.90. The molecule has 246 valence electrons. The van der Waals surface area contributed by atoms with Crippen molar-refractivity contribution >= 4 is 23.1 Å². The smallest absolute Gasteiger partial charge is 0.184 e. The Morgan fingerprint density at radius 3 is 2.04 bits per heavy atom. The van der Waals surface area contributed by atoms with Crippen molar-refractivity contribution in [2.75, 3.05) is 0 Å². The molecule has 0 unspecified atom stereocenters. The number of ketones is 4. The fraction of sp³-hybridized carbons (Fsp3) is 0.632. The van der Waals surface area contributed by atoms with Gasteiger partial charge in [0.15, 0.2) is 28.5 Å². The summed E-state index contributed by atoms with van der Waals surface area (Å²) in [5.41, 5.74) is -8.55. The highest BCUT2D eigenvalue weighted by atomic mass is 16.3. The second-order valence-electron chi connectivity index (χ2n) is 16.2. The first-order valence-electron chi connectivity index (χ1n) is 16.2. The van der Waals surface area contributed by atoms with E-state index in [2.05, 4.69) is 6.58 Å². The standard InChI is InChI=1S/C38H52O7/c1-22(2)16-17-25(23(3)4)19-36-20-26-18-27(34(7,8)44)38(31(36)42,29(40)24-14-12-11-13-15-24)32(43)37(30(36)41,33(26,5)6)21-28(39)35(9,10)45/h11-16,25-28,39,44-45H,3,17-21H2,1-2,4-10H3/t25-,26+,27-,28+,36+,37+,38+/m0/s1. The molecule has 4 saturated carbocycles. The minimum atomic E-state index is -2.38. The largest absolute Gasteiger partial charge is 0.390 e. The van der Waals surface area contributed by atoms with E-state index >= 15 is 19.2 Å². The Bertz CT molecular complexity index is 1430. The van der Waals surface area contributed by atoms with E-state index in [0.29, 0.717) is 6.42 Å². The zero-order valence-electron chi connectivity index (χ0n) is 28.5. The summed E-state index contributed by atoms with van der Waals surface area (Å²) in [5, 5.41) is 34.2. The molecule has 0 heterocycles. The van der Waals surface area contributed by atoms with Crippen LogP contribution in [0.1, 0.15) is 105 Å². The molecule has 0 amide bonds. The highest BCUT2D eigenvalue weighted by Crippen LogP contribution is 2.73. The van der Waals surface area contributed by atoms with Gasteiger partial charge in [0.25, 0.3) is 0 Å². The number of aliphatic hydroxyl groups is 3. The molecule has 0 saturated heterocycles. The van der Waals surface area contributed by atoms with Gasteiger partial charge in [-0.2, -0.15) is 0 Å². The van der Waals surface area contributed by atoms with Crippen LogP contribution in [0.15, 0.2) is 54.1 Å². The van der Waals surface area contributed by atoms with Crippen LogP contribution in [0.3, 0.4) is 0 Å². The summed E-state index contributed by atoms with van der Waals surface area (Å²) in [6, 6.07) is 8.16. The summed E-state index contributed by atoms with van der Waals surface area (Å²) in [4.78, 5) is 61.5. The Hall–Kier alpha value is -2.74. The lowest BCUT2D eigenvalue weighted by Crippen LogP contribution is -2.76. The highest BCUT2D eigenvalue weighted by molar-refractivity contribution is 6.42.